The van der Waals surface area contributed by atoms with E-state index in [0.717, 1.165) is 19.3 Å². The molecule has 94 valence electrons. The van der Waals surface area contributed by atoms with Gasteiger partial charge < -0.3 is 0 Å². The molecule has 0 saturated heterocycles. The van der Waals surface area contributed by atoms with Gasteiger partial charge in [0, 0.05) is 6.26 Å². The quantitative estimate of drug-likeness (QED) is 0.577. The van der Waals surface area contributed by atoms with Gasteiger partial charge in [-0.05, 0) is 31.1 Å². The Kier molecular flexibility index (Phi) is 4.47. The summed E-state index contributed by atoms with van der Waals surface area (Å²) in [5.74, 6) is 0.276. The minimum Gasteiger partial charge on any atom is -0.229 e. The molecule has 1 rings (SSSR count). The van der Waals surface area contributed by atoms with Gasteiger partial charge in [-0.25, -0.2) is 8.42 Å². The van der Waals surface area contributed by atoms with Gasteiger partial charge in [0.1, 0.15) is 9.84 Å². The standard InChI is InChI=1S/C12H21ClO2S/c1-12(2)8-10(7-11(13)9-12)5-4-6-16(3,14)15/h7,11H,4-6,8-9H2,1-3H3. The maximum Gasteiger partial charge on any atom is 0.147 e. The molecule has 0 amide bonds. The van der Waals surface area contributed by atoms with E-state index in [2.05, 4.69) is 19.9 Å². The fraction of sp³-hybridized carbons (Fsp3) is 0.833. The molecule has 2 nitrogen and oxygen atoms in total. The largest absolute Gasteiger partial charge is 0.229 e. The Hall–Kier alpha value is -0.0200. The fourth-order valence-electron chi connectivity index (χ4n) is 2.32. The summed E-state index contributed by atoms with van der Waals surface area (Å²) in [7, 11) is -2.83. The third kappa shape index (κ3) is 5.35. The van der Waals surface area contributed by atoms with Crippen LogP contribution < -0.4 is 0 Å². The molecule has 0 heterocycles. The van der Waals surface area contributed by atoms with Gasteiger partial charge in [-0.3, -0.25) is 0 Å². The molecule has 0 N–H and O–H groups in total. The molecule has 0 radical (unpaired) electrons. The van der Waals surface area contributed by atoms with Crippen LogP contribution in [0.3, 0.4) is 0 Å². The molecular weight excluding hydrogens is 244 g/mol. The van der Waals surface area contributed by atoms with Gasteiger partial charge in [0.2, 0.25) is 0 Å². The van der Waals surface area contributed by atoms with Gasteiger partial charge in [0.05, 0.1) is 11.1 Å². The van der Waals surface area contributed by atoms with Crippen LogP contribution in [-0.4, -0.2) is 25.8 Å². The first kappa shape index (κ1) is 14.0. The SMILES string of the molecule is CC1(C)CC(CCCS(C)(=O)=O)=CC(Cl)C1. The second kappa shape index (κ2) is 5.09. The topological polar surface area (TPSA) is 34.1 Å². The number of allylic oxidation sites excluding steroid dienone is 2. The Morgan fingerprint density at radius 3 is 2.62 bits per heavy atom. The number of hydrogen-bond donors (Lipinski definition) is 0. The lowest BCUT2D eigenvalue weighted by molar-refractivity contribution is 0.318. The monoisotopic (exact) mass is 264 g/mol. The average molecular weight is 265 g/mol. The lowest BCUT2D eigenvalue weighted by Crippen LogP contribution is -2.22. The molecule has 16 heavy (non-hydrogen) atoms. The highest BCUT2D eigenvalue weighted by Gasteiger charge is 2.27. The highest BCUT2D eigenvalue weighted by atomic mass is 35.5. The molecule has 1 aliphatic rings. The number of sulfone groups is 1. The summed E-state index contributed by atoms with van der Waals surface area (Å²) >= 11 is 6.17. The second-order valence-corrected chi connectivity index (χ2v) is 8.44. The predicted molar refractivity (Wildman–Crippen MR) is 69.7 cm³/mol. The Bertz CT molecular complexity index is 368. The zero-order valence-electron chi connectivity index (χ0n) is 10.3. The average Bonchev–Trinajstić information content (AvgIpc) is 1.96. The maximum atomic E-state index is 11.0. The molecule has 4 heteroatoms. The summed E-state index contributed by atoms with van der Waals surface area (Å²) in [6.07, 6.45) is 7.01. The molecule has 0 spiro atoms. The highest BCUT2D eigenvalue weighted by molar-refractivity contribution is 7.90. The van der Waals surface area contributed by atoms with Crippen LogP contribution >= 0.6 is 11.6 Å². The minimum atomic E-state index is -2.83. The third-order valence-corrected chi connectivity index (χ3v) is 4.19. The second-order valence-electron chi connectivity index (χ2n) is 5.62. The van der Waals surface area contributed by atoms with Gasteiger partial charge in [-0.2, -0.15) is 0 Å². The van der Waals surface area contributed by atoms with Crippen molar-refractivity contribution in [1.82, 2.24) is 0 Å². The van der Waals surface area contributed by atoms with Crippen LogP contribution in [0.5, 0.6) is 0 Å². The van der Waals surface area contributed by atoms with Crippen molar-refractivity contribution in [1.29, 1.82) is 0 Å². The number of halogens is 1. The molecule has 1 atom stereocenters. The Morgan fingerprint density at radius 1 is 1.50 bits per heavy atom. The van der Waals surface area contributed by atoms with E-state index < -0.39 is 9.84 Å². The molecule has 0 bridgehead atoms. The molecule has 1 aliphatic carbocycles. The van der Waals surface area contributed by atoms with Crippen LogP contribution in [-0.2, 0) is 9.84 Å². The van der Waals surface area contributed by atoms with Gasteiger partial charge in [-0.1, -0.05) is 25.5 Å². The summed E-state index contributed by atoms with van der Waals surface area (Å²) in [5, 5.41) is 0.108. The summed E-state index contributed by atoms with van der Waals surface area (Å²) in [4.78, 5) is 0. The van der Waals surface area contributed by atoms with Crippen molar-refractivity contribution < 1.29 is 8.42 Å². The van der Waals surface area contributed by atoms with Gasteiger partial charge >= 0.3 is 0 Å². The number of hydrogen-bond acceptors (Lipinski definition) is 2. The summed E-state index contributed by atoms with van der Waals surface area (Å²) in [6.45, 7) is 4.43. The van der Waals surface area contributed by atoms with Crippen molar-refractivity contribution in [2.75, 3.05) is 12.0 Å². The fourth-order valence-corrected chi connectivity index (χ4v) is 3.59. The van der Waals surface area contributed by atoms with E-state index in [1.807, 2.05) is 0 Å². The molecule has 0 aromatic rings. The van der Waals surface area contributed by atoms with Crippen LogP contribution in [0.4, 0.5) is 0 Å². The van der Waals surface area contributed by atoms with Crippen molar-refractivity contribution in [2.24, 2.45) is 5.41 Å². The number of alkyl halides is 1. The first-order chi connectivity index (χ1) is 7.18. The van der Waals surface area contributed by atoms with Gasteiger partial charge in [0.25, 0.3) is 0 Å². The highest BCUT2D eigenvalue weighted by Crippen LogP contribution is 2.38. The lowest BCUT2D eigenvalue weighted by atomic mass is 9.76. The number of rotatable bonds is 4. The Labute approximate surface area is 104 Å². The molecular formula is C12H21ClO2S. The van der Waals surface area contributed by atoms with E-state index in [9.17, 15) is 8.42 Å². The van der Waals surface area contributed by atoms with E-state index >= 15 is 0 Å². The van der Waals surface area contributed by atoms with Crippen molar-refractivity contribution in [3.63, 3.8) is 0 Å². The Balaban J connectivity index is 2.49. The van der Waals surface area contributed by atoms with E-state index in [1.165, 1.54) is 11.8 Å². The van der Waals surface area contributed by atoms with Crippen molar-refractivity contribution in [3.8, 4) is 0 Å². The van der Waals surface area contributed by atoms with Crippen LogP contribution in [0.1, 0.15) is 39.5 Å². The van der Waals surface area contributed by atoms with Crippen LogP contribution in [0, 0.1) is 5.41 Å². The van der Waals surface area contributed by atoms with Crippen molar-refractivity contribution in [3.05, 3.63) is 11.6 Å². The Morgan fingerprint density at radius 2 is 2.12 bits per heavy atom. The lowest BCUT2D eigenvalue weighted by Gasteiger charge is -2.32. The first-order valence-corrected chi connectivity index (χ1v) is 8.19. The van der Waals surface area contributed by atoms with Crippen LogP contribution in [0.25, 0.3) is 0 Å². The van der Waals surface area contributed by atoms with Crippen LogP contribution in [0.2, 0.25) is 0 Å². The normalized spacial score (nSPS) is 25.2. The zero-order chi connectivity index (χ0) is 12.4. The molecule has 0 fully saturated rings. The molecule has 0 aromatic heterocycles. The molecule has 0 saturated carbocycles. The maximum absolute atomic E-state index is 11.0. The third-order valence-electron chi connectivity index (χ3n) is 2.88. The van der Waals surface area contributed by atoms with Crippen LogP contribution in [0.15, 0.2) is 11.6 Å². The first-order valence-electron chi connectivity index (χ1n) is 5.69. The molecule has 0 aliphatic heterocycles. The van der Waals surface area contributed by atoms with Crippen molar-refractivity contribution >= 4 is 21.4 Å². The minimum absolute atomic E-state index is 0.108. The van der Waals surface area contributed by atoms with E-state index in [-0.39, 0.29) is 16.5 Å². The zero-order valence-corrected chi connectivity index (χ0v) is 11.9. The van der Waals surface area contributed by atoms with E-state index in [1.54, 1.807) is 0 Å². The summed E-state index contributed by atoms with van der Waals surface area (Å²) < 4.78 is 22.0. The summed E-state index contributed by atoms with van der Waals surface area (Å²) in [5.41, 5.74) is 1.57. The smallest absolute Gasteiger partial charge is 0.147 e. The van der Waals surface area contributed by atoms with E-state index in [0.29, 0.717) is 6.42 Å². The predicted octanol–water partition coefficient (Wildman–Crippen LogP) is 3.17. The van der Waals surface area contributed by atoms with E-state index in [4.69, 9.17) is 11.6 Å². The van der Waals surface area contributed by atoms with Gasteiger partial charge in [0.15, 0.2) is 0 Å². The van der Waals surface area contributed by atoms with Gasteiger partial charge in [-0.15, -0.1) is 11.6 Å². The van der Waals surface area contributed by atoms with Crippen molar-refractivity contribution in [2.45, 2.75) is 44.9 Å². The summed E-state index contributed by atoms with van der Waals surface area (Å²) in [6, 6.07) is 0. The molecule has 1 unspecified atom stereocenters. The molecule has 0 aromatic carbocycles.